The summed E-state index contributed by atoms with van der Waals surface area (Å²) < 4.78 is 12.9. The number of nitrogens with zero attached hydrogens (tertiary/aromatic N) is 1. The second-order valence-corrected chi connectivity index (χ2v) is 6.95. The molecule has 0 aromatic heterocycles. The molecule has 4 nitrogen and oxygen atoms in total. The zero-order valence-electron chi connectivity index (χ0n) is 15.5. The number of carbonyl (C=O) groups excluding carboxylic acids is 2. The largest absolute Gasteiger partial charge is 0.356 e. The first kappa shape index (κ1) is 19.1. The Morgan fingerprint density at radius 2 is 1.74 bits per heavy atom. The zero-order valence-corrected chi connectivity index (χ0v) is 15.5. The Labute approximate surface area is 159 Å². The average Bonchev–Trinajstić information content (AvgIpc) is 3.49. The van der Waals surface area contributed by atoms with E-state index in [1.165, 1.54) is 12.1 Å². The quantitative estimate of drug-likeness (QED) is 0.778. The third kappa shape index (κ3) is 5.16. The van der Waals surface area contributed by atoms with Crippen LogP contribution in [-0.2, 0) is 22.6 Å². The lowest BCUT2D eigenvalue weighted by Crippen LogP contribution is -2.34. The van der Waals surface area contributed by atoms with Gasteiger partial charge in [0.15, 0.2) is 0 Å². The highest BCUT2D eigenvalue weighted by molar-refractivity contribution is 5.92. The van der Waals surface area contributed by atoms with Crippen molar-refractivity contribution < 1.29 is 14.0 Å². The molecule has 0 aliphatic heterocycles. The summed E-state index contributed by atoms with van der Waals surface area (Å²) in [4.78, 5) is 26.8. The minimum absolute atomic E-state index is 0.0556. The minimum Gasteiger partial charge on any atom is -0.356 e. The summed E-state index contributed by atoms with van der Waals surface area (Å²) >= 11 is 0. The predicted octanol–water partition coefficient (Wildman–Crippen LogP) is 3.17. The van der Waals surface area contributed by atoms with Crippen molar-refractivity contribution in [2.45, 2.75) is 26.3 Å². The van der Waals surface area contributed by atoms with E-state index in [1.54, 1.807) is 12.1 Å². The van der Waals surface area contributed by atoms with Crippen molar-refractivity contribution in [1.29, 1.82) is 0 Å². The maximum Gasteiger partial charge on any atom is 0.226 e. The first-order valence-electron chi connectivity index (χ1n) is 9.43. The van der Waals surface area contributed by atoms with Crippen molar-refractivity contribution in [2.24, 2.45) is 11.8 Å². The van der Waals surface area contributed by atoms with Crippen molar-refractivity contribution in [2.75, 3.05) is 13.1 Å². The van der Waals surface area contributed by atoms with E-state index in [2.05, 4.69) is 5.32 Å². The van der Waals surface area contributed by atoms with Crippen LogP contribution in [0.5, 0.6) is 0 Å². The fourth-order valence-electron chi connectivity index (χ4n) is 3.25. The van der Waals surface area contributed by atoms with Gasteiger partial charge < -0.3 is 10.2 Å². The normalized spacial score (nSPS) is 18.0. The smallest absolute Gasteiger partial charge is 0.226 e. The molecule has 1 fully saturated rings. The van der Waals surface area contributed by atoms with E-state index in [-0.39, 0.29) is 29.5 Å². The molecule has 27 heavy (non-hydrogen) atoms. The maximum absolute atomic E-state index is 12.9. The Hall–Kier alpha value is -2.69. The summed E-state index contributed by atoms with van der Waals surface area (Å²) in [7, 11) is 0. The number of hydrogen-bond donors (Lipinski definition) is 1. The Morgan fingerprint density at radius 1 is 1.04 bits per heavy atom. The van der Waals surface area contributed by atoms with Gasteiger partial charge in [-0.1, -0.05) is 42.5 Å². The van der Waals surface area contributed by atoms with Gasteiger partial charge in [0, 0.05) is 19.6 Å². The van der Waals surface area contributed by atoms with Gasteiger partial charge in [-0.3, -0.25) is 9.59 Å². The number of hydrogen-bond acceptors (Lipinski definition) is 2. The first-order chi connectivity index (χ1) is 13.1. The highest BCUT2D eigenvalue weighted by Gasteiger charge is 2.49. The van der Waals surface area contributed by atoms with Gasteiger partial charge in [0.05, 0.1) is 11.8 Å². The molecule has 5 heteroatoms. The first-order valence-corrected chi connectivity index (χ1v) is 9.43. The van der Waals surface area contributed by atoms with Crippen LogP contribution < -0.4 is 5.32 Å². The molecule has 1 aliphatic rings. The molecule has 0 heterocycles. The van der Waals surface area contributed by atoms with Crippen molar-refractivity contribution in [3.05, 3.63) is 71.5 Å². The molecular weight excluding hydrogens is 343 g/mol. The summed E-state index contributed by atoms with van der Waals surface area (Å²) in [6.07, 6.45) is 1.26. The number of rotatable bonds is 8. The summed E-state index contributed by atoms with van der Waals surface area (Å²) in [6.45, 7) is 3.65. The summed E-state index contributed by atoms with van der Waals surface area (Å²) in [5.74, 6) is -0.709. The molecule has 0 saturated heterocycles. The molecule has 0 radical (unpaired) electrons. The van der Waals surface area contributed by atoms with Gasteiger partial charge in [-0.15, -0.1) is 0 Å². The minimum atomic E-state index is -0.266. The van der Waals surface area contributed by atoms with Crippen LogP contribution in [0.1, 0.15) is 24.5 Å². The molecule has 2 amide bonds. The number of amides is 2. The van der Waals surface area contributed by atoms with Crippen molar-refractivity contribution in [3.8, 4) is 0 Å². The Kier molecular flexibility index (Phi) is 6.22. The average molecular weight is 368 g/mol. The lowest BCUT2D eigenvalue weighted by Gasteiger charge is -2.21. The van der Waals surface area contributed by atoms with Crippen LogP contribution in [0.4, 0.5) is 4.39 Å². The standard InChI is InChI=1S/C22H25FN2O2/c1-2-25(15-17-6-4-3-5-7-17)22(27)20-14-19(20)21(26)24-13-12-16-8-10-18(23)11-9-16/h3-11,19-20H,2,12-15H2,1H3,(H,24,26). The van der Waals surface area contributed by atoms with Gasteiger partial charge in [0.1, 0.15) is 5.82 Å². The second kappa shape index (κ2) is 8.80. The molecule has 2 aromatic carbocycles. The number of benzene rings is 2. The van der Waals surface area contributed by atoms with Crippen molar-refractivity contribution >= 4 is 11.8 Å². The van der Waals surface area contributed by atoms with Gasteiger partial charge in [-0.05, 0) is 43.0 Å². The van der Waals surface area contributed by atoms with Gasteiger partial charge in [0.25, 0.3) is 0 Å². The predicted molar refractivity (Wildman–Crippen MR) is 102 cm³/mol. The summed E-state index contributed by atoms with van der Waals surface area (Å²) in [5, 5.41) is 2.90. The van der Waals surface area contributed by atoms with E-state index in [1.807, 2.05) is 42.2 Å². The molecule has 142 valence electrons. The fraction of sp³-hybridized carbons (Fsp3) is 0.364. The fourth-order valence-corrected chi connectivity index (χ4v) is 3.25. The Bertz CT molecular complexity index is 777. The second-order valence-electron chi connectivity index (χ2n) is 6.95. The highest BCUT2D eigenvalue weighted by atomic mass is 19.1. The molecule has 3 rings (SSSR count). The molecule has 2 aromatic rings. The van der Waals surface area contributed by atoms with Crippen molar-refractivity contribution in [3.63, 3.8) is 0 Å². The van der Waals surface area contributed by atoms with E-state index < -0.39 is 0 Å². The molecular formula is C22H25FN2O2. The van der Waals surface area contributed by atoms with E-state index >= 15 is 0 Å². The van der Waals surface area contributed by atoms with Gasteiger partial charge >= 0.3 is 0 Å². The topological polar surface area (TPSA) is 49.4 Å². The van der Waals surface area contributed by atoms with Crippen LogP contribution in [-0.4, -0.2) is 29.8 Å². The lowest BCUT2D eigenvalue weighted by molar-refractivity contribution is -0.135. The number of nitrogens with one attached hydrogen (secondary N) is 1. The van der Waals surface area contributed by atoms with E-state index in [4.69, 9.17) is 0 Å². The maximum atomic E-state index is 12.9. The summed E-state index contributed by atoms with van der Waals surface area (Å²) in [5.41, 5.74) is 2.06. The Morgan fingerprint density at radius 3 is 2.41 bits per heavy atom. The van der Waals surface area contributed by atoms with Gasteiger partial charge in [-0.2, -0.15) is 0 Å². The lowest BCUT2D eigenvalue weighted by atomic mass is 10.1. The molecule has 2 atom stereocenters. The highest BCUT2D eigenvalue weighted by Crippen LogP contribution is 2.40. The summed E-state index contributed by atoms with van der Waals surface area (Å²) in [6, 6.07) is 16.1. The monoisotopic (exact) mass is 368 g/mol. The van der Waals surface area contributed by atoms with Crippen LogP contribution in [0, 0.1) is 17.7 Å². The van der Waals surface area contributed by atoms with E-state index in [0.29, 0.717) is 32.5 Å². The van der Waals surface area contributed by atoms with Crippen LogP contribution in [0.25, 0.3) is 0 Å². The van der Waals surface area contributed by atoms with Crippen LogP contribution in [0.15, 0.2) is 54.6 Å². The molecule has 1 aliphatic carbocycles. The van der Waals surface area contributed by atoms with Gasteiger partial charge in [-0.25, -0.2) is 4.39 Å². The SMILES string of the molecule is CCN(Cc1ccccc1)C(=O)C1CC1C(=O)NCCc1ccc(F)cc1. The van der Waals surface area contributed by atoms with Crippen LogP contribution in [0.2, 0.25) is 0 Å². The molecule has 0 spiro atoms. The van der Waals surface area contributed by atoms with Crippen LogP contribution >= 0.6 is 0 Å². The molecule has 1 N–H and O–H groups in total. The van der Waals surface area contributed by atoms with Crippen LogP contribution in [0.3, 0.4) is 0 Å². The van der Waals surface area contributed by atoms with E-state index in [0.717, 1.165) is 11.1 Å². The number of halogens is 1. The van der Waals surface area contributed by atoms with E-state index in [9.17, 15) is 14.0 Å². The third-order valence-electron chi connectivity index (χ3n) is 4.98. The molecule has 1 saturated carbocycles. The molecule has 0 bridgehead atoms. The Balaban J connectivity index is 1.45. The number of carbonyl (C=O) groups is 2. The zero-order chi connectivity index (χ0) is 19.2. The third-order valence-corrected chi connectivity index (χ3v) is 4.98. The van der Waals surface area contributed by atoms with Crippen molar-refractivity contribution in [1.82, 2.24) is 10.2 Å². The molecule has 2 unspecified atom stereocenters. The van der Waals surface area contributed by atoms with Gasteiger partial charge in [0.2, 0.25) is 11.8 Å².